The highest BCUT2D eigenvalue weighted by molar-refractivity contribution is 5.94. The lowest BCUT2D eigenvalue weighted by Crippen LogP contribution is -2.38. The number of aromatic carboxylic acids is 1. The number of hydrogen-bond acceptors (Lipinski definition) is 5. The zero-order valence-corrected chi connectivity index (χ0v) is 22.0. The van der Waals surface area contributed by atoms with E-state index in [1.807, 2.05) is 42.5 Å². The minimum absolute atomic E-state index is 0.0621. The molecule has 0 aliphatic rings. The van der Waals surface area contributed by atoms with Crippen LogP contribution >= 0.6 is 0 Å². The summed E-state index contributed by atoms with van der Waals surface area (Å²) < 4.78 is 4.11. The lowest BCUT2D eigenvalue weighted by Gasteiger charge is -2.11. The lowest BCUT2D eigenvalue weighted by atomic mass is 10.0. The zero-order chi connectivity index (χ0) is 28.7. The summed E-state index contributed by atoms with van der Waals surface area (Å²) in [5.74, 6) is -1.10. The second-order valence-electron chi connectivity index (χ2n) is 9.77. The SMILES string of the molecule is Cn1c(=O)c2c(-c3cccc(C(=O)O)c3)n(Cc3cccc4ccccc34)nc2n(Cc2cccc(C#N)c2)c1=O. The van der Waals surface area contributed by atoms with Crippen molar-refractivity contribution in [3.05, 3.63) is 134 Å². The van der Waals surface area contributed by atoms with Crippen molar-refractivity contribution in [3.8, 4) is 17.3 Å². The van der Waals surface area contributed by atoms with Crippen molar-refractivity contribution >= 4 is 27.8 Å². The maximum atomic E-state index is 13.7. The number of carbonyl (C=O) groups is 1. The molecule has 2 aromatic heterocycles. The van der Waals surface area contributed by atoms with Gasteiger partial charge in [0.05, 0.1) is 36.0 Å². The number of carboxylic acid groups (broad SMARTS) is 1. The van der Waals surface area contributed by atoms with Crippen LogP contribution in [0.4, 0.5) is 0 Å². The topological polar surface area (TPSA) is 123 Å². The van der Waals surface area contributed by atoms with Gasteiger partial charge < -0.3 is 5.11 Å². The first-order chi connectivity index (χ1) is 19.9. The van der Waals surface area contributed by atoms with Crippen LogP contribution in [0.25, 0.3) is 33.1 Å². The second kappa shape index (κ2) is 10.1. The van der Waals surface area contributed by atoms with Gasteiger partial charge in [-0.15, -0.1) is 0 Å². The molecule has 0 saturated heterocycles. The molecule has 9 heteroatoms. The number of rotatable bonds is 6. The Bertz CT molecular complexity index is 2160. The Balaban J connectivity index is 1.65. The minimum atomic E-state index is -1.10. The highest BCUT2D eigenvalue weighted by atomic mass is 16.4. The summed E-state index contributed by atoms with van der Waals surface area (Å²) in [6, 6.07) is 29.2. The predicted molar refractivity (Wildman–Crippen MR) is 155 cm³/mol. The third-order valence-corrected chi connectivity index (χ3v) is 7.21. The predicted octanol–water partition coefficient (Wildman–Crippen LogP) is 4.38. The van der Waals surface area contributed by atoms with Gasteiger partial charge in [-0.3, -0.25) is 18.6 Å². The van der Waals surface area contributed by atoms with Crippen molar-refractivity contribution in [2.24, 2.45) is 7.05 Å². The van der Waals surface area contributed by atoms with Crippen molar-refractivity contribution in [2.45, 2.75) is 13.1 Å². The summed E-state index contributed by atoms with van der Waals surface area (Å²) in [5, 5.41) is 26.1. The summed E-state index contributed by atoms with van der Waals surface area (Å²) >= 11 is 0. The molecule has 1 N–H and O–H groups in total. The second-order valence-corrected chi connectivity index (χ2v) is 9.77. The Morgan fingerprint density at radius 1 is 0.927 bits per heavy atom. The molecule has 2 heterocycles. The number of benzene rings is 4. The van der Waals surface area contributed by atoms with E-state index in [-0.39, 0.29) is 29.7 Å². The number of fused-ring (bicyclic) bond motifs is 2. The van der Waals surface area contributed by atoms with E-state index < -0.39 is 17.2 Å². The molecule has 9 nitrogen and oxygen atoms in total. The van der Waals surface area contributed by atoms with Gasteiger partial charge in [-0.25, -0.2) is 9.59 Å². The quantitative estimate of drug-likeness (QED) is 0.334. The van der Waals surface area contributed by atoms with Gasteiger partial charge in [0.1, 0.15) is 5.39 Å². The Kier molecular flexibility index (Phi) is 6.28. The summed E-state index contributed by atoms with van der Waals surface area (Å²) in [4.78, 5) is 38.9. The van der Waals surface area contributed by atoms with Gasteiger partial charge >= 0.3 is 11.7 Å². The minimum Gasteiger partial charge on any atom is -0.478 e. The first-order valence-electron chi connectivity index (χ1n) is 12.9. The van der Waals surface area contributed by atoms with Gasteiger partial charge in [-0.1, -0.05) is 66.7 Å². The third kappa shape index (κ3) is 4.47. The van der Waals surface area contributed by atoms with E-state index >= 15 is 0 Å². The molecule has 0 radical (unpaired) electrons. The fourth-order valence-corrected chi connectivity index (χ4v) is 5.22. The molecule has 200 valence electrons. The number of nitrogens with zero attached hydrogens (tertiary/aromatic N) is 5. The summed E-state index contributed by atoms with van der Waals surface area (Å²) in [5.41, 5.74) is 2.14. The van der Waals surface area contributed by atoms with Crippen LogP contribution in [0.2, 0.25) is 0 Å². The lowest BCUT2D eigenvalue weighted by molar-refractivity contribution is 0.0697. The monoisotopic (exact) mass is 541 g/mol. The van der Waals surface area contributed by atoms with Gasteiger partial charge in [-0.2, -0.15) is 10.4 Å². The Hall–Kier alpha value is -5.75. The molecule has 0 bridgehead atoms. The largest absolute Gasteiger partial charge is 0.478 e. The van der Waals surface area contributed by atoms with Crippen molar-refractivity contribution in [1.29, 1.82) is 5.26 Å². The zero-order valence-electron chi connectivity index (χ0n) is 22.0. The highest BCUT2D eigenvalue weighted by Crippen LogP contribution is 2.29. The number of carboxylic acids is 1. The van der Waals surface area contributed by atoms with Crippen LogP contribution in [-0.2, 0) is 20.1 Å². The average Bonchev–Trinajstić information content (AvgIpc) is 3.37. The molecule has 4 aromatic carbocycles. The van der Waals surface area contributed by atoms with Crippen molar-refractivity contribution < 1.29 is 9.90 Å². The molecular formula is C32H23N5O4. The molecule has 0 fully saturated rings. The number of hydrogen-bond donors (Lipinski definition) is 1. The van der Waals surface area contributed by atoms with Crippen molar-refractivity contribution in [2.75, 3.05) is 0 Å². The van der Waals surface area contributed by atoms with E-state index in [0.717, 1.165) is 20.9 Å². The first-order valence-corrected chi connectivity index (χ1v) is 12.9. The smallest absolute Gasteiger partial charge is 0.335 e. The van der Waals surface area contributed by atoms with Crippen LogP contribution in [0, 0.1) is 11.3 Å². The molecule has 0 aliphatic heterocycles. The van der Waals surface area contributed by atoms with Crippen LogP contribution in [0.3, 0.4) is 0 Å². The molecule has 0 amide bonds. The normalized spacial score (nSPS) is 11.1. The number of nitriles is 1. The Morgan fingerprint density at radius 3 is 2.49 bits per heavy atom. The standard InChI is InChI=1S/C32H23N5O4/c1-35-30(38)27-28(23-11-6-12-24(16-23)31(39)40)37(19-25-13-5-10-22-9-2-3-14-26(22)25)34-29(27)36(32(35)41)18-21-8-4-7-20(15-21)17-33/h2-16H,18-19H2,1H3,(H,39,40). The van der Waals surface area contributed by atoms with Crippen LogP contribution in [-0.4, -0.2) is 30.0 Å². The Labute approximate surface area is 233 Å². The van der Waals surface area contributed by atoms with E-state index in [4.69, 9.17) is 5.10 Å². The van der Waals surface area contributed by atoms with Crippen molar-refractivity contribution in [1.82, 2.24) is 18.9 Å². The molecule has 6 aromatic rings. The fourth-order valence-electron chi connectivity index (χ4n) is 5.22. The third-order valence-electron chi connectivity index (χ3n) is 7.21. The highest BCUT2D eigenvalue weighted by Gasteiger charge is 2.23. The summed E-state index contributed by atoms with van der Waals surface area (Å²) in [6.07, 6.45) is 0. The maximum absolute atomic E-state index is 13.7. The van der Waals surface area contributed by atoms with Crippen molar-refractivity contribution in [3.63, 3.8) is 0 Å². The van der Waals surface area contributed by atoms with Gasteiger partial charge in [0.25, 0.3) is 5.56 Å². The maximum Gasteiger partial charge on any atom is 0.335 e. The van der Waals surface area contributed by atoms with Gasteiger partial charge in [0.15, 0.2) is 5.65 Å². The van der Waals surface area contributed by atoms with Gasteiger partial charge in [0, 0.05) is 12.6 Å². The number of aromatic nitrogens is 4. The van der Waals surface area contributed by atoms with E-state index in [2.05, 4.69) is 6.07 Å². The molecule has 0 saturated carbocycles. The summed E-state index contributed by atoms with van der Waals surface area (Å²) in [6.45, 7) is 0.350. The molecule has 0 spiro atoms. The van der Waals surface area contributed by atoms with E-state index in [1.165, 1.54) is 23.7 Å². The van der Waals surface area contributed by atoms with Crippen LogP contribution in [0.1, 0.15) is 27.0 Å². The molecule has 0 unspecified atom stereocenters. The molecule has 0 aliphatic carbocycles. The average molecular weight is 542 g/mol. The molecule has 0 atom stereocenters. The Morgan fingerprint density at radius 2 is 1.68 bits per heavy atom. The van der Waals surface area contributed by atoms with E-state index in [1.54, 1.807) is 41.1 Å². The van der Waals surface area contributed by atoms with Crippen LogP contribution < -0.4 is 11.2 Å². The van der Waals surface area contributed by atoms with E-state index in [9.17, 15) is 24.8 Å². The van der Waals surface area contributed by atoms with Crippen LogP contribution in [0.5, 0.6) is 0 Å². The molecule has 6 rings (SSSR count). The van der Waals surface area contributed by atoms with Gasteiger partial charge in [-0.05, 0) is 46.2 Å². The molecule has 41 heavy (non-hydrogen) atoms. The van der Waals surface area contributed by atoms with Crippen LogP contribution in [0.15, 0.2) is 101 Å². The summed E-state index contributed by atoms with van der Waals surface area (Å²) in [7, 11) is 1.41. The van der Waals surface area contributed by atoms with Gasteiger partial charge in [0.2, 0.25) is 0 Å². The fraction of sp³-hybridized carbons (Fsp3) is 0.0938. The molecular weight excluding hydrogens is 518 g/mol. The first kappa shape index (κ1) is 25.5. The van der Waals surface area contributed by atoms with E-state index in [0.29, 0.717) is 22.4 Å².